The van der Waals surface area contributed by atoms with Crippen molar-refractivity contribution in [2.24, 2.45) is 5.92 Å². The van der Waals surface area contributed by atoms with Crippen LogP contribution in [-0.4, -0.2) is 153 Å². The second-order valence-corrected chi connectivity index (χ2v) is 12.5. The van der Waals surface area contributed by atoms with Crippen LogP contribution >= 0.6 is 0 Å². The van der Waals surface area contributed by atoms with Crippen molar-refractivity contribution in [2.75, 3.05) is 84.0 Å². The third-order valence-electron chi connectivity index (χ3n) is 4.18. The van der Waals surface area contributed by atoms with Gasteiger partial charge in [0.1, 0.15) is 0 Å². The Balaban J connectivity index is -0.000000242. The number of rotatable bonds is 20. The first-order valence-corrected chi connectivity index (χ1v) is 16.2. The van der Waals surface area contributed by atoms with E-state index < -0.39 is 47.3 Å². The molecule has 16 nitrogen and oxygen atoms in total. The van der Waals surface area contributed by atoms with E-state index >= 15 is 0 Å². The normalized spacial score (nSPS) is 13.4. The van der Waals surface area contributed by atoms with E-state index in [2.05, 4.69) is 0 Å². The van der Waals surface area contributed by atoms with Crippen LogP contribution in [0, 0.1) is 5.92 Å². The predicted molar refractivity (Wildman–Crippen MR) is 140 cm³/mol. The topological polar surface area (TPSA) is 274 Å². The zero-order valence-corrected chi connectivity index (χ0v) is 24.2. The minimum absolute atomic E-state index is 0. The fourth-order valence-electron chi connectivity index (χ4n) is 2.41. The standard InChI is InChI=1S/C8H18O7S.C7H17NO4S.C4H10O4S.CH4/c9-2-5-14-4-1-8(16(11,12)13)7-15-6-3-10;1-2-3-8(4-6-9)5-7-13(10,11)12;1-4(2-5)3-9(6,7)8;/h8-10H,1-7H2,(H,11,12,13);9H,2-7H2,1H3,(H,10,11,12);4-5H,2-3H2,1H3,(H,6,7,8);1H4/p-3. The SMILES string of the molecule is C.CC(CO)CS(=O)(=O)[O-].CCCN(CCO)CCS(=O)(=O)[O-].O=S(=O)([O-])C(CCOCCO)COCCO. The molecule has 39 heavy (non-hydrogen) atoms. The van der Waals surface area contributed by atoms with Gasteiger partial charge in [-0.1, -0.05) is 21.3 Å². The summed E-state index contributed by atoms with van der Waals surface area (Å²) in [6.45, 7) is 4.02. The van der Waals surface area contributed by atoms with E-state index in [4.69, 9.17) is 29.9 Å². The van der Waals surface area contributed by atoms with Gasteiger partial charge >= 0.3 is 0 Å². The molecule has 0 fully saturated rings. The maximum absolute atomic E-state index is 10.8. The van der Waals surface area contributed by atoms with Gasteiger partial charge in [0, 0.05) is 32.1 Å². The van der Waals surface area contributed by atoms with Crippen molar-refractivity contribution in [2.45, 2.75) is 39.4 Å². The molecule has 0 bridgehead atoms. The first-order valence-electron chi connectivity index (χ1n) is 11.6. The number of aliphatic hydroxyl groups excluding tert-OH is 4. The molecule has 19 heteroatoms. The van der Waals surface area contributed by atoms with Gasteiger partial charge in [-0.05, 0) is 25.3 Å². The molecule has 0 heterocycles. The Labute approximate surface area is 233 Å². The summed E-state index contributed by atoms with van der Waals surface area (Å²) >= 11 is 0. The lowest BCUT2D eigenvalue weighted by Crippen LogP contribution is -2.32. The number of aliphatic hydroxyl groups is 4. The van der Waals surface area contributed by atoms with E-state index in [1.165, 1.54) is 6.92 Å². The summed E-state index contributed by atoms with van der Waals surface area (Å²) in [5.74, 6) is -1.32. The van der Waals surface area contributed by atoms with E-state index in [9.17, 15) is 38.9 Å². The number of hydrogen-bond donors (Lipinski definition) is 4. The molecule has 242 valence electrons. The summed E-state index contributed by atoms with van der Waals surface area (Å²) < 4.78 is 103. The molecule has 0 radical (unpaired) electrons. The highest BCUT2D eigenvalue weighted by molar-refractivity contribution is 7.86. The minimum Gasteiger partial charge on any atom is -0.748 e. The van der Waals surface area contributed by atoms with Crippen LogP contribution in [0.15, 0.2) is 0 Å². The first-order chi connectivity index (χ1) is 17.5. The van der Waals surface area contributed by atoms with Crippen molar-refractivity contribution in [3.8, 4) is 0 Å². The van der Waals surface area contributed by atoms with E-state index in [1.807, 2.05) is 6.92 Å². The zero-order chi connectivity index (χ0) is 30.3. The minimum atomic E-state index is -4.43. The first kappa shape index (κ1) is 45.4. The highest BCUT2D eigenvalue weighted by Gasteiger charge is 2.16. The van der Waals surface area contributed by atoms with Gasteiger partial charge in [-0.25, -0.2) is 25.3 Å². The molecular weight excluding hydrogens is 590 g/mol. The van der Waals surface area contributed by atoms with E-state index in [0.29, 0.717) is 13.1 Å². The van der Waals surface area contributed by atoms with Gasteiger partial charge in [-0.3, -0.25) is 0 Å². The number of ether oxygens (including phenoxy) is 2. The quantitative estimate of drug-likeness (QED) is 0.0783. The molecule has 0 aromatic carbocycles. The molecular formula is C20H46NO15S3-3. The fourth-order valence-corrected chi connectivity index (χ4v) is 4.34. The lowest BCUT2D eigenvalue weighted by Gasteiger charge is -2.20. The van der Waals surface area contributed by atoms with Crippen LogP contribution in [0.25, 0.3) is 0 Å². The van der Waals surface area contributed by atoms with Gasteiger partial charge in [0.15, 0.2) is 0 Å². The molecule has 0 aliphatic carbocycles. The molecule has 0 saturated carbocycles. The number of hydrogen-bond acceptors (Lipinski definition) is 16. The highest BCUT2D eigenvalue weighted by atomic mass is 32.2. The molecule has 0 amide bonds. The van der Waals surface area contributed by atoms with Gasteiger partial charge < -0.3 is 48.5 Å². The Morgan fingerprint density at radius 3 is 1.67 bits per heavy atom. The van der Waals surface area contributed by atoms with Gasteiger partial charge in [-0.2, -0.15) is 0 Å². The highest BCUT2D eigenvalue weighted by Crippen LogP contribution is 2.05. The van der Waals surface area contributed by atoms with Gasteiger partial charge in [0.2, 0.25) is 0 Å². The molecule has 0 saturated heterocycles. The van der Waals surface area contributed by atoms with E-state index in [-0.39, 0.29) is 79.0 Å². The summed E-state index contributed by atoms with van der Waals surface area (Å²) in [4.78, 5) is 1.76. The molecule has 4 N–H and O–H groups in total. The third-order valence-corrected chi connectivity index (χ3v) is 7.03. The number of nitrogens with zero attached hydrogens (tertiary/aromatic N) is 1. The van der Waals surface area contributed by atoms with Crippen molar-refractivity contribution in [1.82, 2.24) is 4.90 Å². The zero-order valence-electron chi connectivity index (χ0n) is 21.7. The van der Waals surface area contributed by atoms with Crippen LogP contribution < -0.4 is 0 Å². The van der Waals surface area contributed by atoms with Crippen molar-refractivity contribution in [1.29, 1.82) is 0 Å². The summed E-state index contributed by atoms with van der Waals surface area (Å²) in [6.07, 6.45) is 0.885. The lowest BCUT2D eigenvalue weighted by molar-refractivity contribution is 0.0694. The van der Waals surface area contributed by atoms with Crippen molar-refractivity contribution in [3.05, 3.63) is 0 Å². The molecule has 0 rings (SSSR count). The van der Waals surface area contributed by atoms with Gasteiger partial charge in [0.05, 0.1) is 81.0 Å². The van der Waals surface area contributed by atoms with Crippen LogP contribution in [-0.2, 0) is 39.8 Å². The smallest absolute Gasteiger partial charge is 0.0999 e. The summed E-state index contributed by atoms with van der Waals surface area (Å²) in [5, 5.41) is 32.6. The summed E-state index contributed by atoms with van der Waals surface area (Å²) in [7, 11) is -12.7. The van der Waals surface area contributed by atoms with Crippen molar-refractivity contribution >= 4 is 30.4 Å². The molecule has 0 aliphatic heterocycles. The van der Waals surface area contributed by atoms with Gasteiger partial charge in [-0.15, -0.1) is 0 Å². The Hall–Kier alpha value is -0.550. The van der Waals surface area contributed by atoms with Crippen LogP contribution in [0.3, 0.4) is 0 Å². The monoisotopic (exact) mass is 636 g/mol. The molecule has 0 aliphatic rings. The Bertz CT molecular complexity index is 846. The Kier molecular flexibility index (Phi) is 30.7. The van der Waals surface area contributed by atoms with Crippen LogP contribution in [0.5, 0.6) is 0 Å². The molecule has 0 aromatic rings. The summed E-state index contributed by atoms with van der Waals surface area (Å²) in [5.41, 5.74) is 0. The van der Waals surface area contributed by atoms with Crippen molar-refractivity contribution in [3.63, 3.8) is 0 Å². The van der Waals surface area contributed by atoms with Crippen LogP contribution in [0.4, 0.5) is 0 Å². The largest absolute Gasteiger partial charge is 0.748 e. The average molecular weight is 637 g/mol. The second kappa shape index (κ2) is 26.4. The van der Waals surface area contributed by atoms with E-state index in [0.717, 1.165) is 6.42 Å². The third kappa shape index (κ3) is 37.5. The molecule has 2 unspecified atom stereocenters. The molecule has 2 atom stereocenters. The fraction of sp³-hybridized carbons (Fsp3) is 1.00. The van der Waals surface area contributed by atoms with Crippen LogP contribution in [0.1, 0.15) is 34.1 Å². The second-order valence-electron chi connectivity index (χ2n) is 7.88. The average Bonchev–Trinajstić information content (AvgIpc) is 2.78. The Morgan fingerprint density at radius 2 is 1.31 bits per heavy atom. The maximum Gasteiger partial charge on any atom is 0.0999 e. The molecule has 0 aromatic heterocycles. The van der Waals surface area contributed by atoms with Gasteiger partial charge in [0.25, 0.3) is 0 Å². The predicted octanol–water partition coefficient (Wildman–Crippen LogP) is -2.66. The molecule has 0 spiro atoms. The van der Waals surface area contributed by atoms with Crippen molar-refractivity contribution < 1.29 is 68.8 Å². The lowest BCUT2D eigenvalue weighted by atomic mass is 10.2. The summed E-state index contributed by atoms with van der Waals surface area (Å²) in [6, 6.07) is 0. The van der Waals surface area contributed by atoms with Crippen LogP contribution in [0.2, 0.25) is 0 Å². The van der Waals surface area contributed by atoms with E-state index in [1.54, 1.807) is 4.90 Å². The Morgan fingerprint density at radius 1 is 0.769 bits per heavy atom. The maximum atomic E-state index is 10.8.